The van der Waals surface area contributed by atoms with Crippen LogP contribution in [0.5, 0.6) is 0 Å². The van der Waals surface area contributed by atoms with Crippen LogP contribution in [-0.2, 0) is 20.5 Å². The minimum absolute atomic E-state index is 0.301. The van der Waals surface area contributed by atoms with Gasteiger partial charge in [-0.2, -0.15) is 13.2 Å². The summed E-state index contributed by atoms with van der Waals surface area (Å²) >= 11 is 0. The number of alkyl halides is 3. The van der Waals surface area contributed by atoms with Crippen molar-refractivity contribution < 1.29 is 36.3 Å². The predicted molar refractivity (Wildman–Crippen MR) is 91.0 cm³/mol. The van der Waals surface area contributed by atoms with Gasteiger partial charge in [-0.1, -0.05) is 18.2 Å². The van der Waals surface area contributed by atoms with Gasteiger partial charge in [-0.15, -0.1) is 0 Å². The van der Waals surface area contributed by atoms with Crippen LogP contribution in [0.4, 0.5) is 27.6 Å². The number of halogens is 5. The SMILES string of the molecule is C[C@H](OC(=O)/C=C/c1ccc(C(F)(F)F)cc1)C(=O)Nc1c(F)cccc1F. The van der Waals surface area contributed by atoms with Gasteiger partial charge in [0.2, 0.25) is 0 Å². The van der Waals surface area contributed by atoms with Gasteiger partial charge in [0.15, 0.2) is 6.10 Å². The Morgan fingerprint density at radius 3 is 2.14 bits per heavy atom. The third-order valence-electron chi connectivity index (χ3n) is 3.52. The van der Waals surface area contributed by atoms with Crippen LogP contribution in [0.15, 0.2) is 48.5 Å². The van der Waals surface area contributed by atoms with Crippen LogP contribution >= 0.6 is 0 Å². The molecule has 0 aliphatic rings. The quantitative estimate of drug-likeness (QED) is 0.455. The monoisotopic (exact) mass is 399 g/mol. The van der Waals surface area contributed by atoms with Crippen molar-refractivity contribution >= 4 is 23.6 Å². The molecule has 9 heteroatoms. The molecular formula is C19H14F5NO3. The van der Waals surface area contributed by atoms with E-state index in [9.17, 15) is 31.5 Å². The molecule has 0 fully saturated rings. The van der Waals surface area contributed by atoms with Crippen LogP contribution in [0.25, 0.3) is 6.08 Å². The first-order valence-corrected chi connectivity index (χ1v) is 7.89. The molecule has 148 valence electrons. The lowest BCUT2D eigenvalue weighted by Crippen LogP contribution is -2.30. The van der Waals surface area contributed by atoms with Gasteiger partial charge in [-0.05, 0) is 42.8 Å². The van der Waals surface area contributed by atoms with Crippen molar-refractivity contribution in [2.45, 2.75) is 19.2 Å². The highest BCUT2D eigenvalue weighted by Crippen LogP contribution is 2.29. The highest BCUT2D eigenvalue weighted by molar-refractivity contribution is 5.96. The number of anilines is 1. The van der Waals surface area contributed by atoms with E-state index in [0.29, 0.717) is 5.56 Å². The zero-order valence-corrected chi connectivity index (χ0v) is 14.4. The number of hydrogen-bond acceptors (Lipinski definition) is 3. The largest absolute Gasteiger partial charge is 0.449 e. The van der Waals surface area contributed by atoms with Crippen LogP contribution in [0.2, 0.25) is 0 Å². The molecule has 0 saturated carbocycles. The molecule has 0 radical (unpaired) electrons. The second-order valence-corrected chi connectivity index (χ2v) is 5.62. The first-order chi connectivity index (χ1) is 13.1. The van der Waals surface area contributed by atoms with Crippen LogP contribution in [-0.4, -0.2) is 18.0 Å². The number of amides is 1. The molecule has 0 aliphatic carbocycles. The first-order valence-electron chi connectivity index (χ1n) is 7.89. The van der Waals surface area contributed by atoms with Gasteiger partial charge in [0.1, 0.15) is 17.3 Å². The van der Waals surface area contributed by atoms with E-state index in [2.05, 4.69) is 0 Å². The number of hydrogen-bond donors (Lipinski definition) is 1. The van der Waals surface area contributed by atoms with E-state index in [0.717, 1.165) is 48.5 Å². The summed E-state index contributed by atoms with van der Waals surface area (Å²) in [6, 6.07) is 7.03. The van der Waals surface area contributed by atoms with Gasteiger partial charge in [-0.3, -0.25) is 4.79 Å². The Morgan fingerprint density at radius 2 is 1.61 bits per heavy atom. The predicted octanol–water partition coefficient (Wildman–Crippen LogP) is 4.57. The number of carbonyl (C=O) groups is 2. The van der Waals surface area contributed by atoms with Crippen LogP contribution < -0.4 is 5.32 Å². The maximum Gasteiger partial charge on any atom is 0.416 e. The number of para-hydroxylation sites is 1. The number of carbonyl (C=O) groups excluding carboxylic acids is 2. The maximum atomic E-state index is 13.5. The summed E-state index contributed by atoms with van der Waals surface area (Å²) in [6.07, 6.45) is -3.73. The Bertz CT molecular complexity index is 871. The summed E-state index contributed by atoms with van der Waals surface area (Å²) in [5.74, 6) is -3.90. The summed E-state index contributed by atoms with van der Waals surface area (Å²) in [7, 11) is 0. The zero-order chi connectivity index (χ0) is 20.9. The molecule has 1 atom stereocenters. The smallest absolute Gasteiger partial charge is 0.416 e. The van der Waals surface area contributed by atoms with Crippen molar-refractivity contribution in [1.82, 2.24) is 0 Å². The lowest BCUT2D eigenvalue weighted by atomic mass is 10.1. The Kier molecular flexibility index (Phi) is 6.50. The van der Waals surface area contributed by atoms with E-state index in [-0.39, 0.29) is 0 Å². The fraction of sp³-hybridized carbons (Fsp3) is 0.158. The summed E-state index contributed by atoms with van der Waals surface area (Å²) in [6.45, 7) is 1.19. The summed E-state index contributed by atoms with van der Waals surface area (Å²) in [5, 5.41) is 1.98. The van der Waals surface area contributed by atoms with E-state index >= 15 is 0 Å². The van der Waals surface area contributed by atoms with Crippen LogP contribution in [0, 0.1) is 11.6 Å². The lowest BCUT2D eigenvalue weighted by molar-refractivity contribution is -0.148. The molecule has 0 aliphatic heterocycles. The lowest BCUT2D eigenvalue weighted by Gasteiger charge is -2.13. The minimum Gasteiger partial charge on any atom is -0.449 e. The number of esters is 1. The Hall–Kier alpha value is -3.23. The fourth-order valence-electron chi connectivity index (χ4n) is 2.06. The van der Waals surface area contributed by atoms with Gasteiger partial charge in [0.05, 0.1) is 5.56 Å². The Labute approximate surface area is 156 Å². The van der Waals surface area contributed by atoms with Crippen LogP contribution in [0.3, 0.4) is 0 Å². The molecule has 28 heavy (non-hydrogen) atoms. The molecule has 0 saturated heterocycles. The van der Waals surface area contributed by atoms with Crippen molar-refractivity contribution in [3.8, 4) is 0 Å². The number of rotatable bonds is 5. The fourth-order valence-corrected chi connectivity index (χ4v) is 2.06. The van der Waals surface area contributed by atoms with Crippen molar-refractivity contribution in [1.29, 1.82) is 0 Å². The normalized spacial score (nSPS) is 12.6. The molecular weight excluding hydrogens is 385 g/mol. The highest BCUT2D eigenvalue weighted by Gasteiger charge is 2.29. The Balaban J connectivity index is 1.94. The number of ether oxygens (including phenoxy) is 1. The first kappa shape index (κ1) is 21.1. The van der Waals surface area contributed by atoms with E-state index < -0.39 is 47.0 Å². The van der Waals surface area contributed by atoms with Gasteiger partial charge in [0.25, 0.3) is 5.91 Å². The second kappa shape index (κ2) is 8.64. The summed E-state index contributed by atoms with van der Waals surface area (Å²) in [5.41, 5.74) is -1.20. The van der Waals surface area contributed by atoms with Gasteiger partial charge < -0.3 is 10.1 Å². The minimum atomic E-state index is -4.47. The highest BCUT2D eigenvalue weighted by atomic mass is 19.4. The van der Waals surface area contributed by atoms with Crippen molar-refractivity contribution in [3.63, 3.8) is 0 Å². The Morgan fingerprint density at radius 1 is 1.04 bits per heavy atom. The number of nitrogens with one attached hydrogen (secondary N) is 1. The van der Waals surface area contributed by atoms with Crippen molar-refractivity contribution in [3.05, 3.63) is 71.3 Å². The molecule has 2 rings (SSSR count). The standard InChI is InChI=1S/C19H14F5NO3/c1-11(18(27)25-17-14(20)3-2-4-15(17)21)28-16(26)10-7-12-5-8-13(9-6-12)19(22,23)24/h2-11H,1H3,(H,25,27)/b10-7+/t11-/m0/s1. The maximum absolute atomic E-state index is 13.5. The zero-order valence-electron chi connectivity index (χ0n) is 14.4. The van der Waals surface area contributed by atoms with Gasteiger partial charge in [0, 0.05) is 6.08 Å². The number of benzene rings is 2. The molecule has 4 nitrogen and oxygen atoms in total. The third-order valence-corrected chi connectivity index (χ3v) is 3.52. The topological polar surface area (TPSA) is 55.4 Å². The molecule has 0 spiro atoms. The van der Waals surface area contributed by atoms with Crippen molar-refractivity contribution in [2.24, 2.45) is 0 Å². The van der Waals surface area contributed by atoms with E-state index in [1.807, 2.05) is 5.32 Å². The average molecular weight is 399 g/mol. The van der Waals surface area contributed by atoms with E-state index in [1.165, 1.54) is 13.0 Å². The molecule has 1 amide bonds. The van der Waals surface area contributed by atoms with E-state index in [4.69, 9.17) is 4.74 Å². The van der Waals surface area contributed by atoms with E-state index in [1.54, 1.807) is 0 Å². The van der Waals surface area contributed by atoms with Gasteiger partial charge >= 0.3 is 12.1 Å². The third kappa shape index (κ3) is 5.63. The van der Waals surface area contributed by atoms with Gasteiger partial charge in [-0.25, -0.2) is 13.6 Å². The summed E-state index contributed by atoms with van der Waals surface area (Å²) < 4.78 is 69.3. The second-order valence-electron chi connectivity index (χ2n) is 5.62. The van der Waals surface area contributed by atoms with Crippen LogP contribution in [0.1, 0.15) is 18.1 Å². The summed E-state index contributed by atoms with van der Waals surface area (Å²) in [4.78, 5) is 23.6. The molecule has 0 aromatic heterocycles. The van der Waals surface area contributed by atoms with Crippen molar-refractivity contribution in [2.75, 3.05) is 5.32 Å². The molecule has 0 unspecified atom stereocenters. The average Bonchev–Trinajstić information content (AvgIpc) is 2.62. The molecule has 2 aromatic rings. The molecule has 0 bridgehead atoms. The molecule has 2 aromatic carbocycles. The molecule has 0 heterocycles. The molecule has 1 N–H and O–H groups in total.